The molecule has 1 aromatic rings. The van der Waals surface area contributed by atoms with Crippen LogP contribution in [0.25, 0.3) is 0 Å². The van der Waals surface area contributed by atoms with Crippen molar-refractivity contribution in [2.45, 2.75) is 57.0 Å². The predicted molar refractivity (Wildman–Crippen MR) is 96.2 cm³/mol. The lowest BCUT2D eigenvalue weighted by Crippen LogP contribution is -2.41. The molecule has 4 rings (SSSR count). The number of carbonyl (C=O) groups excluding carboxylic acids is 2. The smallest absolute Gasteiger partial charge is 0.315 e. The van der Waals surface area contributed by atoms with Crippen LogP contribution < -0.4 is 10.6 Å². The lowest BCUT2D eigenvalue weighted by atomic mass is 9.81. The van der Waals surface area contributed by atoms with Crippen molar-refractivity contribution in [3.05, 3.63) is 35.4 Å². The summed E-state index contributed by atoms with van der Waals surface area (Å²) in [6, 6.07) is 8.85. The second kappa shape index (κ2) is 6.70. The standard InChI is InChI=1S/C20H27N3O2/c1-13-6-9-18(17-5-3-2-4-16(13)17)22-20(25)21-11-14-10-19(24)23(12-14)15-7-8-15/h2-5,13-15,18H,6-12H2,1H3,(H2,21,22,25)/t13-,14-,18-/m1/s1. The fourth-order valence-corrected chi connectivity index (χ4v) is 4.29. The van der Waals surface area contributed by atoms with E-state index >= 15 is 0 Å². The Morgan fingerprint density at radius 2 is 1.92 bits per heavy atom. The van der Waals surface area contributed by atoms with Crippen molar-refractivity contribution in [1.82, 2.24) is 15.5 Å². The van der Waals surface area contributed by atoms with Gasteiger partial charge in [-0.3, -0.25) is 4.79 Å². The number of carbonyl (C=O) groups is 2. The molecule has 0 spiro atoms. The summed E-state index contributed by atoms with van der Waals surface area (Å²) in [4.78, 5) is 26.3. The van der Waals surface area contributed by atoms with Crippen LogP contribution in [0.1, 0.15) is 62.1 Å². The lowest BCUT2D eigenvalue weighted by Gasteiger charge is -2.30. The number of likely N-dealkylation sites (tertiary alicyclic amines) is 1. The molecule has 0 aromatic heterocycles. The van der Waals surface area contributed by atoms with Gasteiger partial charge in [0.05, 0.1) is 6.04 Å². The second-order valence-electron chi connectivity index (χ2n) is 7.86. The van der Waals surface area contributed by atoms with Crippen molar-refractivity contribution < 1.29 is 9.59 Å². The van der Waals surface area contributed by atoms with E-state index < -0.39 is 0 Å². The van der Waals surface area contributed by atoms with Gasteiger partial charge >= 0.3 is 6.03 Å². The molecular formula is C20H27N3O2. The molecule has 5 nitrogen and oxygen atoms in total. The summed E-state index contributed by atoms with van der Waals surface area (Å²) in [6.45, 7) is 3.62. The summed E-state index contributed by atoms with van der Waals surface area (Å²) in [7, 11) is 0. The van der Waals surface area contributed by atoms with Crippen LogP contribution in [0.4, 0.5) is 4.79 Å². The summed E-state index contributed by atoms with van der Waals surface area (Å²) in [5.74, 6) is 1.05. The maximum absolute atomic E-state index is 12.3. The lowest BCUT2D eigenvalue weighted by molar-refractivity contribution is -0.128. The summed E-state index contributed by atoms with van der Waals surface area (Å²) < 4.78 is 0. The molecule has 0 radical (unpaired) electrons. The van der Waals surface area contributed by atoms with E-state index in [0.29, 0.717) is 24.9 Å². The minimum absolute atomic E-state index is 0.0839. The Labute approximate surface area is 149 Å². The monoisotopic (exact) mass is 341 g/mol. The number of hydrogen-bond donors (Lipinski definition) is 2. The van der Waals surface area contributed by atoms with Gasteiger partial charge in [-0.25, -0.2) is 4.79 Å². The number of rotatable bonds is 4. The molecule has 25 heavy (non-hydrogen) atoms. The molecule has 1 saturated carbocycles. The zero-order chi connectivity index (χ0) is 17.4. The fourth-order valence-electron chi connectivity index (χ4n) is 4.29. The second-order valence-corrected chi connectivity index (χ2v) is 7.86. The number of urea groups is 1. The highest BCUT2D eigenvalue weighted by atomic mass is 16.2. The van der Waals surface area contributed by atoms with E-state index in [0.717, 1.165) is 32.2 Å². The van der Waals surface area contributed by atoms with Gasteiger partial charge in [0, 0.05) is 31.5 Å². The third-order valence-electron chi connectivity index (χ3n) is 5.87. The molecule has 2 N–H and O–H groups in total. The van der Waals surface area contributed by atoms with Crippen molar-refractivity contribution >= 4 is 11.9 Å². The first kappa shape index (κ1) is 16.4. The zero-order valence-corrected chi connectivity index (χ0v) is 14.8. The maximum Gasteiger partial charge on any atom is 0.315 e. The molecular weight excluding hydrogens is 314 g/mol. The summed E-state index contributed by atoms with van der Waals surface area (Å²) in [5.41, 5.74) is 2.59. The number of hydrogen-bond acceptors (Lipinski definition) is 2. The first-order chi connectivity index (χ1) is 12.1. The average Bonchev–Trinajstić information content (AvgIpc) is 3.39. The van der Waals surface area contributed by atoms with Gasteiger partial charge in [-0.1, -0.05) is 31.2 Å². The Balaban J connectivity index is 1.30. The van der Waals surface area contributed by atoms with Crippen molar-refractivity contribution in [1.29, 1.82) is 0 Å². The van der Waals surface area contributed by atoms with Crippen molar-refractivity contribution in [3.63, 3.8) is 0 Å². The third-order valence-corrected chi connectivity index (χ3v) is 5.87. The largest absolute Gasteiger partial charge is 0.339 e. The highest BCUT2D eigenvalue weighted by Crippen LogP contribution is 2.37. The molecule has 1 saturated heterocycles. The van der Waals surface area contributed by atoms with Crippen LogP contribution in [0.15, 0.2) is 24.3 Å². The minimum atomic E-state index is -0.119. The van der Waals surface area contributed by atoms with E-state index in [-0.39, 0.29) is 23.9 Å². The molecule has 1 aromatic carbocycles. The number of nitrogens with zero attached hydrogens (tertiary/aromatic N) is 1. The Morgan fingerprint density at radius 3 is 2.68 bits per heavy atom. The Hall–Kier alpha value is -2.04. The molecule has 0 bridgehead atoms. The van der Waals surface area contributed by atoms with Crippen LogP contribution in [-0.2, 0) is 4.79 Å². The van der Waals surface area contributed by atoms with Crippen molar-refractivity contribution in [2.24, 2.45) is 5.92 Å². The number of benzene rings is 1. The first-order valence-electron chi connectivity index (χ1n) is 9.54. The summed E-state index contributed by atoms with van der Waals surface area (Å²) >= 11 is 0. The van der Waals surface area contributed by atoms with Crippen LogP contribution in [0, 0.1) is 5.92 Å². The molecule has 3 amide bonds. The van der Waals surface area contributed by atoms with Gasteiger partial charge in [0.2, 0.25) is 5.91 Å². The average molecular weight is 341 g/mol. The highest BCUT2D eigenvalue weighted by molar-refractivity contribution is 5.79. The maximum atomic E-state index is 12.3. The molecule has 3 atom stereocenters. The molecule has 1 heterocycles. The van der Waals surface area contributed by atoms with Gasteiger partial charge in [0.25, 0.3) is 0 Å². The van der Waals surface area contributed by atoms with Crippen LogP contribution in [0.2, 0.25) is 0 Å². The first-order valence-corrected chi connectivity index (χ1v) is 9.54. The van der Waals surface area contributed by atoms with E-state index in [1.165, 1.54) is 11.1 Å². The molecule has 2 fully saturated rings. The molecule has 134 valence electrons. The van der Waals surface area contributed by atoms with Gasteiger partial charge in [0.15, 0.2) is 0 Å². The normalized spacial score (nSPS) is 28.6. The van der Waals surface area contributed by atoms with Crippen molar-refractivity contribution in [3.8, 4) is 0 Å². The van der Waals surface area contributed by atoms with Gasteiger partial charge in [-0.05, 0) is 42.7 Å². The molecule has 2 aliphatic carbocycles. The van der Waals surface area contributed by atoms with Crippen molar-refractivity contribution in [2.75, 3.05) is 13.1 Å². The van der Waals surface area contributed by atoms with Crippen LogP contribution in [0.5, 0.6) is 0 Å². The zero-order valence-electron chi connectivity index (χ0n) is 14.8. The number of amides is 3. The quantitative estimate of drug-likeness (QED) is 0.884. The Morgan fingerprint density at radius 1 is 1.16 bits per heavy atom. The molecule has 0 unspecified atom stereocenters. The van der Waals surface area contributed by atoms with Crippen LogP contribution >= 0.6 is 0 Å². The van der Waals surface area contributed by atoms with Gasteiger partial charge < -0.3 is 15.5 Å². The predicted octanol–water partition coefficient (Wildman–Crippen LogP) is 2.94. The Bertz CT molecular complexity index is 671. The van der Waals surface area contributed by atoms with Gasteiger partial charge in [-0.2, -0.15) is 0 Å². The minimum Gasteiger partial charge on any atom is -0.339 e. The van der Waals surface area contributed by atoms with E-state index in [9.17, 15) is 9.59 Å². The van der Waals surface area contributed by atoms with E-state index in [1.54, 1.807) is 0 Å². The van der Waals surface area contributed by atoms with Gasteiger partial charge in [-0.15, -0.1) is 0 Å². The molecule has 5 heteroatoms. The highest BCUT2D eigenvalue weighted by Gasteiger charge is 2.39. The van der Waals surface area contributed by atoms with E-state index in [2.05, 4.69) is 35.8 Å². The molecule has 3 aliphatic rings. The SMILES string of the molecule is C[C@@H]1CC[C@@H](NC(=O)NC[C@H]2CC(=O)N(C3CC3)C2)c2ccccc21. The van der Waals surface area contributed by atoms with E-state index in [1.807, 2.05) is 11.0 Å². The van der Waals surface area contributed by atoms with Crippen LogP contribution in [0.3, 0.4) is 0 Å². The van der Waals surface area contributed by atoms with Crippen LogP contribution in [-0.4, -0.2) is 36.0 Å². The van der Waals surface area contributed by atoms with E-state index in [4.69, 9.17) is 0 Å². The summed E-state index contributed by atoms with van der Waals surface area (Å²) in [6.07, 6.45) is 4.93. The molecule has 1 aliphatic heterocycles. The summed E-state index contributed by atoms with van der Waals surface area (Å²) in [5, 5.41) is 6.11. The third kappa shape index (κ3) is 3.51. The Kier molecular flexibility index (Phi) is 4.40. The number of fused-ring (bicyclic) bond motifs is 1. The fraction of sp³-hybridized carbons (Fsp3) is 0.600. The number of nitrogens with one attached hydrogen (secondary N) is 2. The van der Waals surface area contributed by atoms with Gasteiger partial charge in [0.1, 0.15) is 0 Å². The topological polar surface area (TPSA) is 61.4 Å².